The van der Waals surface area contributed by atoms with Gasteiger partial charge in [-0.3, -0.25) is 0 Å². The lowest BCUT2D eigenvalue weighted by molar-refractivity contribution is 0.0372. The monoisotopic (exact) mass is 276 g/mol. The lowest BCUT2D eigenvalue weighted by Gasteiger charge is -2.23. The zero-order valence-electron chi connectivity index (χ0n) is 9.67. The van der Waals surface area contributed by atoms with Gasteiger partial charge >= 0.3 is 0 Å². The van der Waals surface area contributed by atoms with E-state index in [2.05, 4.69) is 29.8 Å². The number of halogens is 1. The Balaban J connectivity index is 1.75. The van der Waals surface area contributed by atoms with Crippen molar-refractivity contribution in [1.82, 2.24) is 0 Å². The van der Waals surface area contributed by atoms with Crippen molar-refractivity contribution in [3.8, 4) is 0 Å². The van der Waals surface area contributed by atoms with Gasteiger partial charge in [-0.15, -0.1) is 0 Å². The average Bonchev–Trinajstić information content (AvgIpc) is 2.76. The van der Waals surface area contributed by atoms with E-state index in [1.165, 1.54) is 25.7 Å². The van der Waals surface area contributed by atoms with E-state index in [0.717, 1.165) is 13.2 Å². The molecular formula is C12H21BrO2. The van der Waals surface area contributed by atoms with Gasteiger partial charge < -0.3 is 9.47 Å². The number of rotatable bonds is 3. The van der Waals surface area contributed by atoms with E-state index in [1.807, 2.05) is 0 Å². The van der Waals surface area contributed by atoms with Crippen molar-refractivity contribution in [2.75, 3.05) is 13.2 Å². The molecule has 2 rings (SSSR count). The van der Waals surface area contributed by atoms with Crippen molar-refractivity contribution in [3.05, 3.63) is 0 Å². The molecule has 15 heavy (non-hydrogen) atoms. The first kappa shape index (κ1) is 11.9. The average molecular weight is 277 g/mol. The van der Waals surface area contributed by atoms with Crippen molar-refractivity contribution >= 4 is 15.9 Å². The molecule has 0 aromatic heterocycles. The van der Waals surface area contributed by atoms with Crippen LogP contribution in [0.15, 0.2) is 0 Å². The molecule has 0 amide bonds. The van der Waals surface area contributed by atoms with Gasteiger partial charge in [-0.05, 0) is 45.4 Å². The molecule has 2 aliphatic heterocycles. The summed E-state index contributed by atoms with van der Waals surface area (Å²) in [5.74, 6) is 0.657. The summed E-state index contributed by atoms with van der Waals surface area (Å²) >= 11 is 3.77. The maximum absolute atomic E-state index is 5.79. The van der Waals surface area contributed by atoms with E-state index in [-0.39, 0.29) is 5.60 Å². The van der Waals surface area contributed by atoms with Crippen LogP contribution in [0.2, 0.25) is 0 Å². The van der Waals surface area contributed by atoms with Crippen LogP contribution in [0.3, 0.4) is 0 Å². The zero-order valence-corrected chi connectivity index (χ0v) is 11.3. The molecule has 88 valence electrons. The molecule has 0 aliphatic carbocycles. The van der Waals surface area contributed by atoms with E-state index in [9.17, 15) is 0 Å². The summed E-state index contributed by atoms with van der Waals surface area (Å²) in [6, 6.07) is 0. The fraction of sp³-hybridized carbons (Fsp3) is 1.00. The summed E-state index contributed by atoms with van der Waals surface area (Å²) < 4.78 is 11.4. The number of hydrogen-bond donors (Lipinski definition) is 0. The van der Waals surface area contributed by atoms with Crippen LogP contribution in [0.25, 0.3) is 0 Å². The van der Waals surface area contributed by atoms with Gasteiger partial charge in [0.05, 0.1) is 18.3 Å². The standard InChI is InChI=1S/C12H21BrO2/c1-12(2)11(13)9(8-15-12)5-6-10-4-3-7-14-10/h9-11H,3-8H2,1-2H3. The van der Waals surface area contributed by atoms with E-state index in [4.69, 9.17) is 9.47 Å². The number of ether oxygens (including phenoxy) is 2. The molecule has 0 N–H and O–H groups in total. The summed E-state index contributed by atoms with van der Waals surface area (Å²) in [5.41, 5.74) is 0.00119. The van der Waals surface area contributed by atoms with Gasteiger partial charge in [0, 0.05) is 11.4 Å². The molecule has 3 heteroatoms. The van der Waals surface area contributed by atoms with Crippen molar-refractivity contribution in [1.29, 1.82) is 0 Å². The Labute approximate surface area is 101 Å². The summed E-state index contributed by atoms with van der Waals surface area (Å²) in [6.07, 6.45) is 5.45. The van der Waals surface area contributed by atoms with Crippen LogP contribution in [-0.4, -0.2) is 29.7 Å². The molecule has 0 aromatic rings. The quantitative estimate of drug-likeness (QED) is 0.738. The first-order valence-electron chi connectivity index (χ1n) is 5.99. The Kier molecular flexibility index (Phi) is 3.74. The van der Waals surface area contributed by atoms with Gasteiger partial charge in [0.15, 0.2) is 0 Å². The van der Waals surface area contributed by atoms with Gasteiger partial charge in [-0.25, -0.2) is 0 Å². The van der Waals surface area contributed by atoms with E-state index < -0.39 is 0 Å². The van der Waals surface area contributed by atoms with Crippen LogP contribution in [0.5, 0.6) is 0 Å². The second kappa shape index (κ2) is 4.72. The third-order valence-electron chi connectivity index (χ3n) is 3.63. The summed E-state index contributed by atoms with van der Waals surface area (Å²) in [4.78, 5) is 0.492. The molecule has 2 heterocycles. The molecule has 0 saturated carbocycles. The largest absolute Gasteiger partial charge is 0.378 e. The molecule has 0 spiro atoms. The second-order valence-corrected chi connectivity index (χ2v) is 6.28. The van der Waals surface area contributed by atoms with Gasteiger partial charge in [0.1, 0.15) is 0 Å². The van der Waals surface area contributed by atoms with Crippen LogP contribution in [0.4, 0.5) is 0 Å². The Bertz CT molecular complexity index is 212. The molecule has 2 saturated heterocycles. The van der Waals surface area contributed by atoms with Crippen molar-refractivity contribution in [2.24, 2.45) is 5.92 Å². The van der Waals surface area contributed by atoms with Crippen LogP contribution < -0.4 is 0 Å². The highest BCUT2D eigenvalue weighted by Crippen LogP contribution is 2.38. The highest BCUT2D eigenvalue weighted by Gasteiger charge is 2.41. The summed E-state index contributed by atoms with van der Waals surface area (Å²) in [5, 5.41) is 0. The van der Waals surface area contributed by atoms with Gasteiger partial charge in [0.25, 0.3) is 0 Å². The maximum Gasteiger partial charge on any atom is 0.0754 e. The van der Waals surface area contributed by atoms with Crippen LogP contribution in [0, 0.1) is 5.92 Å². The zero-order chi connectivity index (χ0) is 10.9. The van der Waals surface area contributed by atoms with E-state index >= 15 is 0 Å². The Morgan fingerprint density at radius 2 is 2.13 bits per heavy atom. The molecule has 3 unspecified atom stereocenters. The minimum atomic E-state index is 0.00119. The highest BCUT2D eigenvalue weighted by atomic mass is 79.9. The van der Waals surface area contributed by atoms with Crippen LogP contribution >= 0.6 is 15.9 Å². The van der Waals surface area contributed by atoms with E-state index in [0.29, 0.717) is 16.8 Å². The van der Waals surface area contributed by atoms with Crippen LogP contribution in [-0.2, 0) is 9.47 Å². The Morgan fingerprint density at radius 1 is 1.33 bits per heavy atom. The smallest absolute Gasteiger partial charge is 0.0754 e. The molecule has 2 nitrogen and oxygen atoms in total. The van der Waals surface area contributed by atoms with Gasteiger partial charge in [0.2, 0.25) is 0 Å². The maximum atomic E-state index is 5.79. The Morgan fingerprint density at radius 3 is 2.67 bits per heavy atom. The molecule has 3 atom stereocenters. The fourth-order valence-electron chi connectivity index (χ4n) is 2.56. The minimum absolute atomic E-state index is 0.00119. The molecule has 0 radical (unpaired) electrons. The highest BCUT2D eigenvalue weighted by molar-refractivity contribution is 9.09. The minimum Gasteiger partial charge on any atom is -0.378 e. The molecule has 2 aliphatic rings. The van der Waals surface area contributed by atoms with Gasteiger partial charge in [-0.1, -0.05) is 15.9 Å². The third kappa shape index (κ3) is 2.75. The fourth-order valence-corrected chi connectivity index (χ4v) is 3.10. The van der Waals surface area contributed by atoms with E-state index in [1.54, 1.807) is 0 Å². The van der Waals surface area contributed by atoms with Crippen molar-refractivity contribution < 1.29 is 9.47 Å². The number of alkyl halides is 1. The summed E-state index contributed by atoms with van der Waals surface area (Å²) in [7, 11) is 0. The van der Waals surface area contributed by atoms with Crippen LogP contribution in [0.1, 0.15) is 39.5 Å². The SMILES string of the molecule is CC1(C)OCC(CCC2CCCO2)C1Br. The lowest BCUT2D eigenvalue weighted by atomic mass is 9.92. The molecule has 0 bridgehead atoms. The Hall–Kier alpha value is 0.400. The third-order valence-corrected chi connectivity index (χ3v) is 5.48. The predicted molar refractivity (Wildman–Crippen MR) is 64.4 cm³/mol. The van der Waals surface area contributed by atoms with Crippen molar-refractivity contribution in [3.63, 3.8) is 0 Å². The van der Waals surface area contributed by atoms with Gasteiger partial charge in [-0.2, -0.15) is 0 Å². The first-order valence-corrected chi connectivity index (χ1v) is 6.91. The van der Waals surface area contributed by atoms with Crippen molar-refractivity contribution in [2.45, 2.75) is 56.1 Å². The molecule has 2 fully saturated rings. The predicted octanol–water partition coefficient (Wildman–Crippen LogP) is 3.13. The second-order valence-electron chi connectivity index (χ2n) is 5.29. The molecule has 0 aromatic carbocycles. The topological polar surface area (TPSA) is 18.5 Å². The normalized spacial score (nSPS) is 39.8. The lowest BCUT2D eigenvalue weighted by Crippen LogP contribution is -2.30. The summed E-state index contributed by atoms with van der Waals surface area (Å²) in [6.45, 7) is 6.20. The first-order chi connectivity index (χ1) is 7.09. The molecular weight excluding hydrogens is 256 g/mol. The number of hydrogen-bond acceptors (Lipinski definition) is 2.